The molecule has 0 aromatic heterocycles. The molecule has 2 aliphatic carbocycles. The van der Waals surface area contributed by atoms with Gasteiger partial charge in [0.05, 0.1) is 5.92 Å². The maximum atomic E-state index is 12.6. The molecule has 4 rings (SSSR count). The van der Waals surface area contributed by atoms with Gasteiger partial charge in [-0.1, -0.05) is 6.08 Å². The monoisotopic (exact) mass is 452 g/mol. The van der Waals surface area contributed by atoms with E-state index in [1.165, 1.54) is 36.0 Å². The number of halogens is 2. The lowest BCUT2D eigenvalue weighted by molar-refractivity contribution is -0.144. The van der Waals surface area contributed by atoms with Crippen LogP contribution in [0.1, 0.15) is 25.7 Å². The number of rotatable bonds is 4. The number of carbonyl (C=O) groups is 2. The van der Waals surface area contributed by atoms with Crippen LogP contribution >= 0.6 is 24.4 Å². The van der Waals surface area contributed by atoms with Crippen LogP contribution in [0.4, 0.5) is 8.78 Å². The van der Waals surface area contributed by atoms with E-state index in [0.29, 0.717) is 5.57 Å². The van der Waals surface area contributed by atoms with Crippen molar-refractivity contribution in [3.63, 3.8) is 0 Å². The molecule has 4 nitrogen and oxygen atoms in total. The highest BCUT2D eigenvalue weighted by Gasteiger charge is 2.37. The van der Waals surface area contributed by atoms with Gasteiger partial charge in [0.15, 0.2) is 0 Å². The first-order valence-corrected chi connectivity index (χ1v) is 10.6. The second-order valence-electron chi connectivity index (χ2n) is 6.68. The summed E-state index contributed by atoms with van der Waals surface area (Å²) in [5, 5.41) is 17.2. The van der Waals surface area contributed by atoms with Crippen LogP contribution in [-0.4, -0.2) is 27.4 Å². The number of thiol groups is 1. The van der Waals surface area contributed by atoms with Crippen LogP contribution in [0.3, 0.4) is 0 Å². The first-order valence-electron chi connectivity index (χ1n) is 9.28. The first kappa shape index (κ1) is 24.0. The van der Waals surface area contributed by atoms with Gasteiger partial charge in [0, 0.05) is 20.6 Å². The lowest BCUT2D eigenvalue weighted by Gasteiger charge is -2.32. The number of carboxylic acid groups (broad SMARTS) is 2. The molecule has 30 heavy (non-hydrogen) atoms. The van der Waals surface area contributed by atoms with Crippen molar-refractivity contribution in [1.29, 1.82) is 0 Å². The fraction of sp³-hybridized carbons (Fsp3) is 0.273. The maximum absolute atomic E-state index is 12.6. The third kappa shape index (κ3) is 7.84. The molecule has 2 N–H and O–H groups in total. The number of allylic oxidation sites excluding steroid dienone is 1. The zero-order valence-electron chi connectivity index (χ0n) is 16.0. The quantitative estimate of drug-likeness (QED) is 0.520. The van der Waals surface area contributed by atoms with Gasteiger partial charge < -0.3 is 10.2 Å². The Morgan fingerprint density at radius 2 is 1.47 bits per heavy atom. The molecule has 2 aliphatic rings. The summed E-state index contributed by atoms with van der Waals surface area (Å²) in [6.07, 6.45) is 5.13. The van der Waals surface area contributed by atoms with Crippen molar-refractivity contribution in [1.82, 2.24) is 0 Å². The van der Waals surface area contributed by atoms with Gasteiger partial charge in [-0.25, -0.2) is 13.6 Å². The Hall–Kier alpha value is -2.32. The van der Waals surface area contributed by atoms with Crippen molar-refractivity contribution < 1.29 is 28.6 Å². The van der Waals surface area contributed by atoms with Crippen molar-refractivity contribution in [3.8, 4) is 0 Å². The van der Waals surface area contributed by atoms with Crippen LogP contribution in [0.15, 0.2) is 70.0 Å². The van der Waals surface area contributed by atoms with Crippen molar-refractivity contribution in [2.24, 2.45) is 5.92 Å². The van der Waals surface area contributed by atoms with Crippen LogP contribution < -0.4 is 0 Å². The number of aliphatic carboxylic acids is 2. The largest absolute Gasteiger partial charge is 0.481 e. The van der Waals surface area contributed by atoms with Crippen LogP contribution in [0.25, 0.3) is 0 Å². The summed E-state index contributed by atoms with van der Waals surface area (Å²) in [6.45, 7) is 0. The molecule has 0 aliphatic heterocycles. The van der Waals surface area contributed by atoms with Crippen LogP contribution in [0, 0.1) is 17.6 Å². The van der Waals surface area contributed by atoms with Gasteiger partial charge >= 0.3 is 11.9 Å². The molecule has 0 radical (unpaired) electrons. The fourth-order valence-electron chi connectivity index (χ4n) is 2.50. The van der Waals surface area contributed by atoms with Gasteiger partial charge in [-0.05, 0) is 74.2 Å². The van der Waals surface area contributed by atoms with Crippen molar-refractivity contribution >= 4 is 36.3 Å². The number of thioether (sulfide) groups is 1. The number of carboxylic acids is 2. The average molecular weight is 453 g/mol. The summed E-state index contributed by atoms with van der Waals surface area (Å²) in [5.74, 6) is -2.20. The highest BCUT2D eigenvalue weighted by Crippen LogP contribution is 2.41. The van der Waals surface area contributed by atoms with Crippen LogP contribution in [0.2, 0.25) is 0 Å². The van der Waals surface area contributed by atoms with E-state index in [1.54, 1.807) is 30.3 Å². The summed E-state index contributed by atoms with van der Waals surface area (Å²) in [6, 6.07) is 12.2. The molecule has 0 saturated heterocycles. The lowest BCUT2D eigenvalue weighted by atomic mass is 9.85. The van der Waals surface area contributed by atoms with Gasteiger partial charge in [-0.15, -0.1) is 24.4 Å². The molecule has 0 heterocycles. The fourth-order valence-corrected chi connectivity index (χ4v) is 3.97. The van der Waals surface area contributed by atoms with Gasteiger partial charge in [0.1, 0.15) is 11.6 Å². The Morgan fingerprint density at radius 3 is 1.77 bits per heavy atom. The van der Waals surface area contributed by atoms with E-state index in [4.69, 9.17) is 10.2 Å². The molecule has 160 valence electrons. The molecule has 0 amide bonds. The Balaban J connectivity index is 0.000000179. The van der Waals surface area contributed by atoms with Crippen LogP contribution in [-0.2, 0) is 9.59 Å². The molecule has 2 atom stereocenters. The Labute approximate surface area is 183 Å². The number of benzene rings is 2. The second kappa shape index (κ2) is 11.8. The van der Waals surface area contributed by atoms with E-state index in [0.717, 1.165) is 35.5 Å². The Morgan fingerprint density at radius 1 is 0.933 bits per heavy atom. The number of hydrogen-bond donors (Lipinski definition) is 3. The molecule has 1 saturated carbocycles. The lowest BCUT2D eigenvalue weighted by Crippen LogP contribution is -2.35. The van der Waals surface area contributed by atoms with E-state index in [2.05, 4.69) is 12.6 Å². The highest BCUT2D eigenvalue weighted by molar-refractivity contribution is 8.00. The summed E-state index contributed by atoms with van der Waals surface area (Å²) in [4.78, 5) is 22.4. The molecule has 0 bridgehead atoms. The third-order valence-electron chi connectivity index (χ3n) is 4.54. The molecule has 8 heteroatoms. The van der Waals surface area contributed by atoms with E-state index in [-0.39, 0.29) is 22.8 Å². The highest BCUT2D eigenvalue weighted by atomic mass is 32.2. The van der Waals surface area contributed by atoms with E-state index < -0.39 is 11.9 Å². The van der Waals surface area contributed by atoms with E-state index in [9.17, 15) is 18.4 Å². The summed E-state index contributed by atoms with van der Waals surface area (Å²) in [5.41, 5.74) is 0.569. The molecular weight excluding hydrogens is 430 g/mol. The van der Waals surface area contributed by atoms with E-state index >= 15 is 0 Å². The smallest absolute Gasteiger partial charge is 0.331 e. The summed E-state index contributed by atoms with van der Waals surface area (Å²) >= 11 is 5.49. The molecule has 2 unspecified atom stereocenters. The van der Waals surface area contributed by atoms with Gasteiger partial charge in [-0.3, -0.25) is 4.79 Å². The minimum atomic E-state index is -0.758. The number of hydrogen-bond acceptors (Lipinski definition) is 4. The SMILES string of the molecule is Fc1ccc(S)cc1.O=C(O)C1=CCC1.O=C(O)C1CCC1Sc1ccc(F)cc1. The molecule has 2 aromatic rings. The van der Waals surface area contributed by atoms with Crippen molar-refractivity contribution in [3.05, 3.63) is 71.8 Å². The maximum Gasteiger partial charge on any atom is 0.331 e. The minimum absolute atomic E-state index is 0.146. The van der Waals surface area contributed by atoms with E-state index in [1.807, 2.05) is 0 Å². The third-order valence-corrected chi connectivity index (χ3v) is 6.24. The van der Waals surface area contributed by atoms with Gasteiger partial charge in [0.25, 0.3) is 0 Å². The minimum Gasteiger partial charge on any atom is -0.481 e. The zero-order chi connectivity index (χ0) is 22.1. The average Bonchev–Trinajstić information content (AvgIpc) is 2.61. The summed E-state index contributed by atoms with van der Waals surface area (Å²) in [7, 11) is 0. The predicted molar refractivity (Wildman–Crippen MR) is 115 cm³/mol. The zero-order valence-corrected chi connectivity index (χ0v) is 17.7. The standard InChI is InChI=1S/C11H11FO2S.C6H5FS.C5H6O2/c12-7-1-3-8(4-2-7)15-10-6-5-9(10)11(13)14;7-5-1-3-6(8)4-2-5;6-5(7)4-2-1-3-4/h1-4,9-10H,5-6H2,(H,13,14);1-4,8H;2H,1,3H2,(H,6,7). The van der Waals surface area contributed by atoms with Gasteiger partial charge in [-0.2, -0.15) is 0 Å². The Bertz CT molecular complexity index is 862. The summed E-state index contributed by atoms with van der Waals surface area (Å²) < 4.78 is 24.7. The van der Waals surface area contributed by atoms with Crippen LogP contribution in [0.5, 0.6) is 0 Å². The predicted octanol–water partition coefficient (Wildman–Crippen LogP) is 5.69. The van der Waals surface area contributed by atoms with Gasteiger partial charge in [0.2, 0.25) is 0 Å². The van der Waals surface area contributed by atoms with Crippen molar-refractivity contribution in [2.45, 2.75) is 40.7 Å². The first-order chi connectivity index (χ1) is 14.3. The Kier molecular flexibility index (Phi) is 9.39. The van der Waals surface area contributed by atoms with Crippen molar-refractivity contribution in [2.75, 3.05) is 0 Å². The molecule has 2 aromatic carbocycles. The second-order valence-corrected chi connectivity index (χ2v) is 8.51. The molecule has 0 spiro atoms. The molecular formula is C22H22F2O4S2. The topological polar surface area (TPSA) is 74.6 Å². The molecule has 1 fully saturated rings. The normalized spacial score (nSPS) is 18.8.